The quantitative estimate of drug-likeness (QED) is 0.380. The number of halogens is 1. The molecule has 4 aliphatic rings. The summed E-state index contributed by atoms with van der Waals surface area (Å²) in [6.07, 6.45) is 9.29. The number of hydrogen-bond donors (Lipinski definition) is 1. The first kappa shape index (κ1) is 24.5. The normalized spacial score (nSPS) is 45.3. The fourth-order valence-corrected chi connectivity index (χ4v) is 8.77. The zero-order chi connectivity index (χ0) is 23.0. The summed E-state index contributed by atoms with van der Waals surface area (Å²) in [6.45, 7) is 6.37. The third kappa shape index (κ3) is 4.52. The van der Waals surface area contributed by atoms with E-state index in [0.717, 1.165) is 57.8 Å². The number of carbonyl (C=O) groups is 2. The molecule has 6 heteroatoms. The van der Waals surface area contributed by atoms with Crippen LogP contribution in [0.2, 0.25) is 0 Å². The monoisotopic (exact) mass is 512 g/mol. The Hall–Kier alpha value is -0.620. The van der Waals surface area contributed by atoms with Crippen LogP contribution in [-0.4, -0.2) is 40.2 Å². The molecule has 0 saturated heterocycles. The average molecular weight is 514 g/mol. The van der Waals surface area contributed by atoms with E-state index in [2.05, 4.69) is 29.8 Å². The molecule has 182 valence electrons. The number of esters is 2. The van der Waals surface area contributed by atoms with Gasteiger partial charge in [-0.05, 0) is 80.5 Å². The van der Waals surface area contributed by atoms with Crippen LogP contribution in [0.25, 0.3) is 0 Å². The third-order valence-corrected chi connectivity index (χ3v) is 10.4. The van der Waals surface area contributed by atoms with Gasteiger partial charge in [-0.1, -0.05) is 43.1 Å². The lowest BCUT2D eigenvalue weighted by atomic mass is 9.46. The molecule has 10 atom stereocenters. The van der Waals surface area contributed by atoms with E-state index in [9.17, 15) is 14.7 Å². The first-order chi connectivity index (χ1) is 15.3. The Kier molecular flexibility index (Phi) is 7.61. The van der Waals surface area contributed by atoms with Gasteiger partial charge in [0, 0.05) is 18.8 Å². The van der Waals surface area contributed by atoms with E-state index in [1.807, 2.05) is 6.92 Å². The second kappa shape index (κ2) is 9.93. The maximum absolute atomic E-state index is 12.2. The van der Waals surface area contributed by atoms with Crippen LogP contribution in [0.15, 0.2) is 0 Å². The summed E-state index contributed by atoms with van der Waals surface area (Å²) in [5.74, 6) is 1.76. The van der Waals surface area contributed by atoms with Gasteiger partial charge in [0.25, 0.3) is 0 Å². The summed E-state index contributed by atoms with van der Waals surface area (Å²) in [5, 5.41) is 11.4. The molecule has 1 N–H and O–H groups in total. The Balaban J connectivity index is 1.45. The van der Waals surface area contributed by atoms with Crippen LogP contribution in [0.4, 0.5) is 0 Å². The number of unbranched alkanes of at least 4 members (excludes halogenated alkanes) is 1. The van der Waals surface area contributed by atoms with Gasteiger partial charge in [-0.15, -0.1) is 0 Å². The molecule has 0 radical (unpaired) electrons. The van der Waals surface area contributed by atoms with Gasteiger partial charge in [-0.2, -0.15) is 0 Å². The zero-order valence-corrected chi connectivity index (χ0v) is 21.5. The number of carbonyl (C=O) groups excluding carboxylic acids is 2. The van der Waals surface area contributed by atoms with E-state index in [0.29, 0.717) is 36.5 Å². The van der Waals surface area contributed by atoms with Crippen molar-refractivity contribution >= 4 is 27.9 Å². The standard InChI is InChI=1S/C26H41BrO5/c1-4-6-7-23(30)31-16-10-11-26(3)15(12-16)13-21(28)24-18-14-20(27)25(32-22(29)5-2)17(18)8-9-19(24)26/h15-21,24-25,28H,4-14H2,1-3H3/t15?,16-,17-,18?,19?,20+,21-,24?,25+,26-/m0/s1. The minimum atomic E-state index is -0.319. The largest absolute Gasteiger partial charge is 0.462 e. The first-order valence-corrected chi connectivity index (χ1v) is 13.9. The lowest BCUT2D eigenvalue weighted by Crippen LogP contribution is -2.57. The summed E-state index contributed by atoms with van der Waals surface area (Å²) < 4.78 is 11.7. The van der Waals surface area contributed by atoms with Crippen molar-refractivity contribution < 1.29 is 24.2 Å². The molecule has 0 spiro atoms. The lowest BCUT2D eigenvalue weighted by molar-refractivity contribution is -0.176. The van der Waals surface area contributed by atoms with Gasteiger partial charge in [0.05, 0.1) is 10.9 Å². The van der Waals surface area contributed by atoms with Gasteiger partial charge >= 0.3 is 11.9 Å². The van der Waals surface area contributed by atoms with Gasteiger partial charge < -0.3 is 14.6 Å². The van der Waals surface area contributed by atoms with Crippen molar-refractivity contribution in [1.82, 2.24) is 0 Å². The number of aliphatic hydroxyl groups is 1. The molecule has 0 aliphatic heterocycles. The minimum Gasteiger partial charge on any atom is -0.462 e. The highest BCUT2D eigenvalue weighted by Crippen LogP contribution is 2.64. The van der Waals surface area contributed by atoms with Gasteiger partial charge in [0.1, 0.15) is 12.2 Å². The van der Waals surface area contributed by atoms with E-state index in [-0.39, 0.29) is 46.4 Å². The highest BCUT2D eigenvalue weighted by Gasteiger charge is 2.61. The fourth-order valence-electron chi connectivity index (χ4n) is 7.84. The van der Waals surface area contributed by atoms with Crippen molar-refractivity contribution in [3.8, 4) is 0 Å². The van der Waals surface area contributed by atoms with Crippen LogP contribution in [0.1, 0.15) is 91.4 Å². The molecule has 4 fully saturated rings. The van der Waals surface area contributed by atoms with Crippen LogP contribution in [-0.2, 0) is 19.1 Å². The Morgan fingerprint density at radius 3 is 2.53 bits per heavy atom. The summed E-state index contributed by atoms with van der Waals surface area (Å²) >= 11 is 3.81. The van der Waals surface area contributed by atoms with E-state index in [4.69, 9.17) is 9.47 Å². The Morgan fingerprint density at radius 1 is 1.03 bits per heavy atom. The van der Waals surface area contributed by atoms with Crippen LogP contribution >= 0.6 is 15.9 Å². The maximum Gasteiger partial charge on any atom is 0.306 e. The SMILES string of the molecule is CCCCC(=O)O[C@H]1CC[C@@]2(C)C(C1)C[C@H](O)C1C3C[C@@H](Br)[C@H](OC(=O)CC)[C@H]3CCC12. The number of rotatable bonds is 6. The predicted octanol–water partition coefficient (Wildman–Crippen LogP) is 5.41. The number of hydrogen-bond acceptors (Lipinski definition) is 5. The van der Waals surface area contributed by atoms with Crippen LogP contribution < -0.4 is 0 Å². The van der Waals surface area contributed by atoms with Crippen molar-refractivity contribution in [3.63, 3.8) is 0 Å². The van der Waals surface area contributed by atoms with Crippen molar-refractivity contribution in [1.29, 1.82) is 0 Å². The van der Waals surface area contributed by atoms with Crippen LogP contribution in [0.5, 0.6) is 0 Å². The average Bonchev–Trinajstić information content (AvgIpc) is 3.08. The van der Waals surface area contributed by atoms with E-state index >= 15 is 0 Å². The fraction of sp³-hybridized carbons (Fsp3) is 0.923. The second-order valence-electron chi connectivity index (χ2n) is 11.1. The smallest absolute Gasteiger partial charge is 0.306 e. The number of ether oxygens (including phenoxy) is 2. The van der Waals surface area contributed by atoms with Crippen molar-refractivity contribution in [2.45, 2.75) is 115 Å². The first-order valence-electron chi connectivity index (χ1n) is 13.0. The summed E-state index contributed by atoms with van der Waals surface area (Å²) in [5.41, 5.74) is 0.196. The molecule has 32 heavy (non-hydrogen) atoms. The van der Waals surface area contributed by atoms with Crippen LogP contribution in [0.3, 0.4) is 0 Å². The van der Waals surface area contributed by atoms with Crippen molar-refractivity contribution in [2.75, 3.05) is 0 Å². The highest BCUT2D eigenvalue weighted by molar-refractivity contribution is 9.09. The van der Waals surface area contributed by atoms with Gasteiger partial charge in [0.2, 0.25) is 0 Å². The predicted molar refractivity (Wildman–Crippen MR) is 126 cm³/mol. The topological polar surface area (TPSA) is 72.8 Å². The Labute approximate surface area is 201 Å². The van der Waals surface area contributed by atoms with Crippen molar-refractivity contribution in [3.05, 3.63) is 0 Å². The maximum atomic E-state index is 12.2. The molecule has 0 aromatic heterocycles. The molecule has 0 bridgehead atoms. The molecule has 4 unspecified atom stereocenters. The molecular weight excluding hydrogens is 472 g/mol. The summed E-state index contributed by atoms with van der Waals surface area (Å²) in [4.78, 5) is 24.4. The Bertz CT molecular complexity index is 698. The number of alkyl halides is 1. The third-order valence-electron chi connectivity index (χ3n) is 9.49. The molecule has 0 aromatic rings. The summed E-state index contributed by atoms with van der Waals surface area (Å²) in [7, 11) is 0. The van der Waals surface area contributed by atoms with Crippen LogP contribution in [0, 0.1) is 35.0 Å². The molecule has 4 saturated carbocycles. The van der Waals surface area contributed by atoms with Gasteiger partial charge in [-0.3, -0.25) is 9.59 Å². The minimum absolute atomic E-state index is 0.00811. The number of fused-ring (bicyclic) bond motifs is 5. The van der Waals surface area contributed by atoms with Gasteiger partial charge in [-0.25, -0.2) is 0 Å². The molecule has 0 heterocycles. The number of aliphatic hydroxyl groups excluding tert-OH is 1. The molecule has 0 amide bonds. The summed E-state index contributed by atoms with van der Waals surface area (Å²) in [6, 6.07) is 0. The second-order valence-corrected chi connectivity index (χ2v) is 12.3. The molecule has 0 aromatic carbocycles. The molecule has 5 nitrogen and oxygen atoms in total. The molecule has 4 aliphatic carbocycles. The molecular formula is C26H41BrO5. The van der Waals surface area contributed by atoms with E-state index in [1.54, 1.807) is 0 Å². The Morgan fingerprint density at radius 2 is 1.81 bits per heavy atom. The highest BCUT2D eigenvalue weighted by atomic mass is 79.9. The van der Waals surface area contributed by atoms with E-state index < -0.39 is 0 Å². The lowest BCUT2D eigenvalue weighted by Gasteiger charge is -2.60. The van der Waals surface area contributed by atoms with Gasteiger partial charge in [0.15, 0.2) is 0 Å². The van der Waals surface area contributed by atoms with Crippen molar-refractivity contribution in [2.24, 2.45) is 35.0 Å². The zero-order valence-electron chi connectivity index (χ0n) is 19.9. The van der Waals surface area contributed by atoms with E-state index in [1.165, 1.54) is 0 Å². The molecule has 4 rings (SSSR count).